The molecule has 5 heteroatoms. The van der Waals surface area contributed by atoms with Crippen LogP contribution in [0.4, 0.5) is 0 Å². The van der Waals surface area contributed by atoms with Crippen LogP contribution in [0, 0.1) is 20.8 Å². The van der Waals surface area contributed by atoms with Crippen LogP contribution in [0.3, 0.4) is 0 Å². The van der Waals surface area contributed by atoms with Crippen LogP contribution in [0.1, 0.15) is 16.7 Å². The van der Waals surface area contributed by atoms with Gasteiger partial charge in [0, 0.05) is 42.3 Å². The summed E-state index contributed by atoms with van der Waals surface area (Å²) in [7, 11) is 10.5. The molecule has 1 rings (SSSR count). The first kappa shape index (κ1) is 17.4. The SMILES string of the molecule is Cc1cc(C)c(O[P+](N(C)C)(N(C)C)N(C)C)c(C)c1. The third-order valence-corrected chi connectivity index (χ3v) is 6.94. The topological polar surface area (TPSA) is 19.0 Å². The van der Waals surface area contributed by atoms with Gasteiger partial charge in [-0.3, -0.25) is 4.52 Å². The van der Waals surface area contributed by atoms with E-state index in [1.807, 2.05) is 0 Å². The molecule has 0 bridgehead atoms. The van der Waals surface area contributed by atoms with Gasteiger partial charge in [0.15, 0.2) is 5.75 Å². The van der Waals surface area contributed by atoms with Gasteiger partial charge in [-0.1, -0.05) is 17.7 Å². The molecule has 0 aliphatic carbocycles. The fourth-order valence-corrected chi connectivity index (χ4v) is 5.92. The van der Waals surface area contributed by atoms with E-state index in [9.17, 15) is 0 Å². The third-order valence-electron chi connectivity index (χ3n) is 3.38. The van der Waals surface area contributed by atoms with Crippen LogP contribution >= 0.6 is 7.94 Å². The molecule has 0 spiro atoms. The number of rotatable bonds is 5. The van der Waals surface area contributed by atoms with E-state index in [2.05, 4.69) is 89.2 Å². The van der Waals surface area contributed by atoms with Gasteiger partial charge in [-0.15, -0.1) is 14.0 Å². The van der Waals surface area contributed by atoms with Gasteiger partial charge in [0.25, 0.3) is 0 Å². The fourth-order valence-electron chi connectivity index (χ4n) is 2.75. The molecule has 4 nitrogen and oxygen atoms in total. The van der Waals surface area contributed by atoms with Gasteiger partial charge in [0.05, 0.1) is 0 Å². The molecule has 0 fully saturated rings. The van der Waals surface area contributed by atoms with Crippen molar-refractivity contribution in [3.05, 3.63) is 28.8 Å². The van der Waals surface area contributed by atoms with Gasteiger partial charge in [-0.2, -0.15) is 0 Å². The van der Waals surface area contributed by atoms with Crippen LogP contribution in [0.5, 0.6) is 5.75 Å². The lowest BCUT2D eigenvalue weighted by Crippen LogP contribution is -2.39. The summed E-state index contributed by atoms with van der Waals surface area (Å²) < 4.78 is 13.2. The molecule has 0 atom stereocenters. The van der Waals surface area contributed by atoms with Crippen molar-refractivity contribution in [2.24, 2.45) is 0 Å². The average molecular weight is 298 g/mol. The molecule has 0 N–H and O–H groups in total. The summed E-state index contributed by atoms with van der Waals surface area (Å²) >= 11 is 0. The van der Waals surface area contributed by atoms with Gasteiger partial charge in [0.2, 0.25) is 0 Å². The molecular weight excluding hydrogens is 269 g/mol. The summed E-state index contributed by atoms with van der Waals surface area (Å²) in [5.41, 5.74) is 3.66. The molecule has 0 aromatic heterocycles. The predicted molar refractivity (Wildman–Crippen MR) is 89.3 cm³/mol. The number of hydrogen-bond acceptors (Lipinski definition) is 4. The van der Waals surface area contributed by atoms with Crippen molar-refractivity contribution in [1.82, 2.24) is 14.0 Å². The molecular formula is C15H29N3OP+. The van der Waals surface area contributed by atoms with Gasteiger partial charge in [-0.05, 0) is 31.9 Å². The highest BCUT2D eigenvalue weighted by Crippen LogP contribution is 2.64. The van der Waals surface area contributed by atoms with Crippen molar-refractivity contribution in [3.8, 4) is 5.75 Å². The average Bonchev–Trinajstić information content (AvgIpc) is 2.26. The van der Waals surface area contributed by atoms with Crippen molar-refractivity contribution in [2.45, 2.75) is 20.8 Å². The highest BCUT2D eigenvalue weighted by Gasteiger charge is 2.52. The Bertz CT molecular complexity index is 427. The first-order valence-electron chi connectivity index (χ1n) is 6.82. The van der Waals surface area contributed by atoms with Crippen molar-refractivity contribution in [1.29, 1.82) is 0 Å². The van der Waals surface area contributed by atoms with E-state index in [0.29, 0.717) is 0 Å². The summed E-state index contributed by atoms with van der Waals surface area (Å²) in [4.78, 5) is 0. The first-order chi connectivity index (χ1) is 9.12. The monoisotopic (exact) mass is 298 g/mol. The van der Waals surface area contributed by atoms with Gasteiger partial charge < -0.3 is 0 Å². The summed E-state index contributed by atoms with van der Waals surface area (Å²) in [6.07, 6.45) is 0. The minimum absolute atomic E-state index is 1.00. The highest BCUT2D eigenvalue weighted by atomic mass is 31.2. The molecule has 0 aliphatic heterocycles. The molecule has 0 saturated heterocycles. The lowest BCUT2D eigenvalue weighted by Gasteiger charge is -2.37. The zero-order valence-corrected chi connectivity index (χ0v) is 15.2. The second-order valence-corrected chi connectivity index (χ2v) is 9.48. The number of hydrogen-bond donors (Lipinski definition) is 0. The predicted octanol–water partition coefficient (Wildman–Crippen LogP) is 3.35. The zero-order valence-electron chi connectivity index (χ0n) is 14.4. The summed E-state index contributed by atoms with van der Waals surface area (Å²) in [5.74, 6) is 1.00. The van der Waals surface area contributed by atoms with E-state index in [-0.39, 0.29) is 0 Å². The van der Waals surface area contributed by atoms with Crippen molar-refractivity contribution >= 4 is 7.94 Å². The standard InChI is InChI=1S/C15H29N3OP/c1-12-10-13(2)15(14(3)11-12)19-20(16(4)5,17(6)7)18(8)9/h10-11H,1-9H3/q+1. The Morgan fingerprint density at radius 3 is 1.40 bits per heavy atom. The molecule has 20 heavy (non-hydrogen) atoms. The van der Waals surface area contributed by atoms with E-state index < -0.39 is 7.94 Å². The third kappa shape index (κ3) is 3.15. The van der Waals surface area contributed by atoms with Crippen molar-refractivity contribution < 1.29 is 4.52 Å². The summed E-state index contributed by atoms with van der Waals surface area (Å²) in [6.45, 7) is 6.35. The molecule has 0 heterocycles. The highest BCUT2D eigenvalue weighted by molar-refractivity contribution is 7.64. The summed E-state index contributed by atoms with van der Waals surface area (Å²) in [5, 5.41) is 0. The zero-order chi connectivity index (χ0) is 15.7. The molecule has 1 aromatic rings. The van der Waals surface area contributed by atoms with E-state index in [1.165, 1.54) is 16.7 Å². The van der Waals surface area contributed by atoms with Crippen LogP contribution < -0.4 is 4.52 Å². The number of aryl methyl sites for hydroxylation is 3. The number of benzene rings is 1. The van der Waals surface area contributed by atoms with Crippen molar-refractivity contribution in [2.75, 3.05) is 42.3 Å². The van der Waals surface area contributed by atoms with Crippen LogP contribution in [-0.4, -0.2) is 56.3 Å². The maximum atomic E-state index is 6.59. The van der Waals surface area contributed by atoms with E-state index in [0.717, 1.165) is 5.75 Å². The Hall–Kier alpha value is -0.670. The lowest BCUT2D eigenvalue weighted by molar-refractivity contribution is 0.349. The van der Waals surface area contributed by atoms with Crippen LogP contribution in [-0.2, 0) is 0 Å². The van der Waals surface area contributed by atoms with Crippen LogP contribution in [0.2, 0.25) is 0 Å². The van der Waals surface area contributed by atoms with Gasteiger partial charge in [-0.25, -0.2) is 0 Å². The molecule has 0 radical (unpaired) electrons. The second kappa shape index (κ2) is 6.40. The molecule has 0 amide bonds. The van der Waals surface area contributed by atoms with Gasteiger partial charge in [0.1, 0.15) is 0 Å². The van der Waals surface area contributed by atoms with Crippen LogP contribution in [0.15, 0.2) is 12.1 Å². The largest absolute Gasteiger partial charge is 0.416 e. The Morgan fingerprint density at radius 1 is 0.750 bits per heavy atom. The smallest absolute Gasteiger partial charge is 0.291 e. The fraction of sp³-hybridized carbons (Fsp3) is 0.600. The van der Waals surface area contributed by atoms with Crippen molar-refractivity contribution in [3.63, 3.8) is 0 Å². The molecule has 0 saturated carbocycles. The van der Waals surface area contributed by atoms with E-state index in [4.69, 9.17) is 4.52 Å². The summed E-state index contributed by atoms with van der Waals surface area (Å²) in [6, 6.07) is 4.36. The molecule has 0 aliphatic rings. The Kier molecular flexibility index (Phi) is 5.56. The Balaban J connectivity index is 3.34. The van der Waals surface area contributed by atoms with E-state index >= 15 is 0 Å². The van der Waals surface area contributed by atoms with Crippen LogP contribution in [0.25, 0.3) is 0 Å². The molecule has 0 unspecified atom stereocenters. The maximum Gasteiger partial charge on any atom is 0.416 e. The number of nitrogens with zero attached hydrogens (tertiary/aromatic N) is 3. The quantitative estimate of drug-likeness (QED) is 0.776. The molecule has 1 aromatic carbocycles. The normalized spacial score (nSPS) is 12.6. The lowest BCUT2D eigenvalue weighted by atomic mass is 10.1. The second-order valence-electron chi connectivity index (χ2n) is 5.87. The minimum Gasteiger partial charge on any atom is -0.291 e. The van der Waals surface area contributed by atoms with Gasteiger partial charge >= 0.3 is 7.94 Å². The molecule has 114 valence electrons. The first-order valence-corrected chi connectivity index (χ1v) is 8.39. The minimum atomic E-state index is -2.00. The Morgan fingerprint density at radius 2 is 1.10 bits per heavy atom. The van der Waals surface area contributed by atoms with E-state index in [1.54, 1.807) is 0 Å². The Labute approximate surface area is 124 Å². The maximum absolute atomic E-state index is 6.59.